The van der Waals surface area contributed by atoms with Crippen LogP contribution in [-0.4, -0.2) is 55.5 Å². The molecule has 0 unspecified atom stereocenters. The molecule has 0 radical (unpaired) electrons. The summed E-state index contributed by atoms with van der Waals surface area (Å²) in [5, 5.41) is 2.64. The van der Waals surface area contributed by atoms with Crippen molar-refractivity contribution in [3.05, 3.63) is 66.2 Å². The minimum Gasteiger partial charge on any atom is -0.497 e. The molecule has 9 nitrogen and oxygen atoms in total. The van der Waals surface area contributed by atoms with Crippen LogP contribution in [0.1, 0.15) is 12.0 Å². The highest BCUT2D eigenvalue weighted by Gasteiger charge is 2.61. The van der Waals surface area contributed by atoms with Crippen LogP contribution < -0.4 is 14.8 Å². The lowest BCUT2D eigenvalue weighted by Crippen LogP contribution is -2.48. The zero-order valence-corrected chi connectivity index (χ0v) is 20.6. The van der Waals surface area contributed by atoms with Crippen molar-refractivity contribution in [2.75, 3.05) is 26.1 Å². The van der Waals surface area contributed by atoms with Crippen LogP contribution in [0.25, 0.3) is 0 Å². The topological polar surface area (TPSA) is 111 Å². The number of carbonyl (C=O) groups is 4. The van der Waals surface area contributed by atoms with Gasteiger partial charge in [0.2, 0.25) is 11.8 Å². The second-order valence-corrected chi connectivity index (χ2v) is 9.47. The lowest BCUT2D eigenvalue weighted by Gasteiger charge is -2.26. The summed E-state index contributed by atoms with van der Waals surface area (Å²) < 4.78 is 15.8. The van der Waals surface area contributed by atoms with Crippen LogP contribution in [0, 0.1) is 23.7 Å². The highest BCUT2D eigenvalue weighted by atomic mass is 16.5. The standard InChI is InChI=1S/C28H28N2O7/c1-35-19-10-11-22(36-2)20(14-19)29-23(31)15-37-28(34)21(12-16-6-4-3-5-7-16)30-26(32)24-17-8-9-18(13-17)25(24)27(30)33/h3-11,14,17-18,21,24-25H,12-13,15H2,1-2H3,(H,29,31)/t17-,18-,21-,24-,25+/m0/s1. The van der Waals surface area contributed by atoms with Crippen LogP contribution in [0.5, 0.6) is 11.5 Å². The summed E-state index contributed by atoms with van der Waals surface area (Å²) in [6.07, 6.45) is 4.90. The van der Waals surface area contributed by atoms with E-state index in [4.69, 9.17) is 14.2 Å². The fourth-order valence-corrected chi connectivity index (χ4v) is 5.68. The molecule has 5 atom stereocenters. The number of carbonyl (C=O) groups excluding carboxylic acids is 4. The maximum atomic E-state index is 13.4. The molecule has 2 bridgehead atoms. The quantitative estimate of drug-likeness (QED) is 0.317. The molecule has 2 fully saturated rings. The third kappa shape index (κ3) is 4.57. The van der Waals surface area contributed by atoms with Gasteiger partial charge >= 0.3 is 5.97 Å². The Morgan fingerprint density at radius 2 is 1.65 bits per heavy atom. The van der Waals surface area contributed by atoms with Crippen LogP contribution in [0.3, 0.4) is 0 Å². The number of amides is 3. The van der Waals surface area contributed by atoms with Crippen molar-refractivity contribution in [2.24, 2.45) is 23.7 Å². The molecule has 2 aromatic rings. The van der Waals surface area contributed by atoms with Gasteiger partial charge in [0.25, 0.3) is 5.91 Å². The zero-order valence-electron chi connectivity index (χ0n) is 20.6. The molecule has 192 valence electrons. The monoisotopic (exact) mass is 504 g/mol. The lowest BCUT2D eigenvalue weighted by molar-refractivity contribution is -0.160. The van der Waals surface area contributed by atoms with Gasteiger partial charge in [-0.05, 0) is 36.0 Å². The van der Waals surface area contributed by atoms with Crippen molar-refractivity contribution in [3.63, 3.8) is 0 Å². The van der Waals surface area contributed by atoms with Crippen molar-refractivity contribution >= 4 is 29.4 Å². The second kappa shape index (κ2) is 10.1. The molecule has 0 spiro atoms. The number of likely N-dealkylation sites (tertiary alicyclic amines) is 1. The van der Waals surface area contributed by atoms with Crippen LogP contribution in [-0.2, 0) is 30.3 Å². The molecule has 2 aromatic carbocycles. The summed E-state index contributed by atoms with van der Waals surface area (Å²) >= 11 is 0. The van der Waals surface area contributed by atoms with Crippen LogP contribution >= 0.6 is 0 Å². The summed E-state index contributed by atoms with van der Waals surface area (Å²) in [7, 11) is 2.96. The minimum absolute atomic E-state index is 0.0217. The van der Waals surface area contributed by atoms with E-state index in [-0.39, 0.29) is 30.1 Å². The molecule has 9 heteroatoms. The number of hydrogen-bond donors (Lipinski definition) is 1. The van der Waals surface area contributed by atoms with E-state index in [0.717, 1.165) is 16.9 Å². The van der Waals surface area contributed by atoms with Gasteiger partial charge in [-0.2, -0.15) is 0 Å². The Labute approximate surface area is 214 Å². The number of esters is 1. The SMILES string of the molecule is COc1ccc(OC)c(NC(=O)COC(=O)[C@H](Cc2ccccc2)N2C(=O)[C@@H]3[C@H](C2=O)[C@H]2C=C[C@H]3C2)c1. The normalized spacial score (nSPS) is 24.1. The highest BCUT2D eigenvalue weighted by Crippen LogP contribution is 2.53. The number of rotatable bonds is 9. The highest BCUT2D eigenvalue weighted by molar-refractivity contribution is 6.09. The number of methoxy groups -OCH3 is 2. The minimum atomic E-state index is -1.16. The van der Waals surface area contributed by atoms with Crippen molar-refractivity contribution in [2.45, 2.75) is 18.9 Å². The molecule has 3 amide bonds. The summed E-state index contributed by atoms with van der Waals surface area (Å²) in [6, 6.07) is 12.9. The van der Waals surface area contributed by atoms with E-state index in [0.29, 0.717) is 17.2 Å². The Morgan fingerprint density at radius 1 is 0.973 bits per heavy atom. The third-order valence-corrected chi connectivity index (χ3v) is 7.39. The van der Waals surface area contributed by atoms with Crippen molar-refractivity contribution in [3.8, 4) is 11.5 Å². The Bertz CT molecular complexity index is 1230. The molecule has 1 N–H and O–H groups in total. The Balaban J connectivity index is 1.31. The molecule has 1 saturated carbocycles. The van der Waals surface area contributed by atoms with Crippen molar-refractivity contribution in [1.82, 2.24) is 4.90 Å². The molecular formula is C28H28N2O7. The summed E-state index contributed by atoms with van der Waals surface area (Å²) in [4.78, 5) is 53.8. The number of imide groups is 1. The Hall–Kier alpha value is -4.14. The summed E-state index contributed by atoms with van der Waals surface area (Å²) in [6.45, 7) is -0.597. The molecule has 37 heavy (non-hydrogen) atoms. The second-order valence-electron chi connectivity index (χ2n) is 9.47. The first-order valence-electron chi connectivity index (χ1n) is 12.2. The predicted octanol–water partition coefficient (Wildman–Crippen LogP) is 2.60. The van der Waals surface area contributed by atoms with Gasteiger partial charge in [-0.3, -0.25) is 19.3 Å². The van der Waals surface area contributed by atoms with E-state index >= 15 is 0 Å². The molecular weight excluding hydrogens is 476 g/mol. The molecule has 0 aromatic heterocycles. The van der Waals surface area contributed by atoms with E-state index in [1.165, 1.54) is 14.2 Å². The number of benzene rings is 2. The first-order chi connectivity index (χ1) is 17.9. The number of hydrogen-bond acceptors (Lipinski definition) is 7. The van der Waals surface area contributed by atoms with Gasteiger partial charge in [0.15, 0.2) is 6.61 Å². The van der Waals surface area contributed by atoms with Crippen LogP contribution in [0.4, 0.5) is 5.69 Å². The molecule has 3 aliphatic rings. The fraction of sp³-hybridized carbons (Fsp3) is 0.357. The molecule has 1 saturated heterocycles. The average molecular weight is 505 g/mol. The maximum absolute atomic E-state index is 13.4. The number of ether oxygens (including phenoxy) is 3. The number of allylic oxidation sites excluding steroid dienone is 2. The third-order valence-electron chi connectivity index (χ3n) is 7.39. The fourth-order valence-electron chi connectivity index (χ4n) is 5.68. The number of nitrogens with zero attached hydrogens (tertiary/aromatic N) is 1. The van der Waals surface area contributed by atoms with E-state index in [9.17, 15) is 19.2 Å². The summed E-state index contributed by atoms with van der Waals surface area (Å²) in [5.41, 5.74) is 1.12. The van der Waals surface area contributed by atoms with E-state index < -0.39 is 36.4 Å². The summed E-state index contributed by atoms with van der Waals surface area (Å²) in [5.74, 6) is -1.99. The van der Waals surface area contributed by atoms with Crippen molar-refractivity contribution < 1.29 is 33.4 Å². The Morgan fingerprint density at radius 3 is 2.27 bits per heavy atom. The van der Waals surface area contributed by atoms with Crippen molar-refractivity contribution in [1.29, 1.82) is 0 Å². The maximum Gasteiger partial charge on any atom is 0.330 e. The lowest BCUT2D eigenvalue weighted by atomic mass is 9.85. The van der Waals surface area contributed by atoms with Gasteiger partial charge in [0.05, 0.1) is 31.7 Å². The first-order valence-corrected chi connectivity index (χ1v) is 12.2. The van der Waals surface area contributed by atoms with Gasteiger partial charge in [-0.15, -0.1) is 0 Å². The van der Waals surface area contributed by atoms with E-state index in [1.54, 1.807) is 18.2 Å². The molecule has 1 aliphatic heterocycles. The van der Waals surface area contributed by atoms with Gasteiger partial charge in [0, 0.05) is 12.5 Å². The van der Waals surface area contributed by atoms with Gasteiger partial charge in [-0.25, -0.2) is 4.79 Å². The molecule has 5 rings (SSSR count). The first kappa shape index (κ1) is 24.5. The smallest absolute Gasteiger partial charge is 0.330 e. The van der Waals surface area contributed by atoms with E-state index in [1.807, 2.05) is 42.5 Å². The largest absolute Gasteiger partial charge is 0.497 e. The molecule has 2 aliphatic carbocycles. The number of nitrogens with one attached hydrogen (secondary N) is 1. The van der Waals surface area contributed by atoms with Crippen LogP contribution in [0.15, 0.2) is 60.7 Å². The molecule has 1 heterocycles. The average Bonchev–Trinajstić information content (AvgIpc) is 3.60. The predicted molar refractivity (Wildman–Crippen MR) is 133 cm³/mol. The number of fused-ring (bicyclic) bond motifs is 5. The van der Waals surface area contributed by atoms with E-state index in [2.05, 4.69) is 5.32 Å². The number of anilines is 1. The van der Waals surface area contributed by atoms with Crippen LogP contribution in [0.2, 0.25) is 0 Å². The van der Waals surface area contributed by atoms with Gasteiger partial charge in [0.1, 0.15) is 17.5 Å². The Kier molecular flexibility index (Phi) is 6.69. The van der Waals surface area contributed by atoms with Gasteiger partial charge in [-0.1, -0.05) is 42.5 Å². The zero-order chi connectivity index (χ0) is 26.1. The van der Waals surface area contributed by atoms with Gasteiger partial charge < -0.3 is 19.5 Å².